The summed E-state index contributed by atoms with van der Waals surface area (Å²) in [6.45, 7) is 1.60. The highest BCUT2D eigenvalue weighted by Gasteiger charge is 2.14. The Bertz CT molecular complexity index is 668. The summed E-state index contributed by atoms with van der Waals surface area (Å²) in [7, 11) is 0. The van der Waals surface area contributed by atoms with Crippen LogP contribution in [0.4, 0.5) is 5.69 Å². The van der Waals surface area contributed by atoms with E-state index in [4.69, 9.17) is 4.74 Å². The van der Waals surface area contributed by atoms with Gasteiger partial charge >= 0.3 is 0 Å². The van der Waals surface area contributed by atoms with Crippen molar-refractivity contribution in [3.63, 3.8) is 0 Å². The Balaban J connectivity index is 2.06. The zero-order valence-corrected chi connectivity index (χ0v) is 12.9. The van der Waals surface area contributed by atoms with Gasteiger partial charge in [-0.2, -0.15) is 0 Å². The van der Waals surface area contributed by atoms with Crippen molar-refractivity contribution in [3.8, 4) is 5.75 Å². The van der Waals surface area contributed by atoms with Crippen LogP contribution in [0.25, 0.3) is 0 Å². The molecule has 0 bridgehead atoms. The standard InChI is InChI=1S/C13H10BrNO4S/c1-8-6-9(15(17)18)2-3-12(8)19-7-11(16)13-10(14)4-5-20-13/h2-6H,7H2,1H3. The smallest absolute Gasteiger partial charge is 0.269 e. The molecule has 0 aliphatic rings. The lowest BCUT2D eigenvalue weighted by Gasteiger charge is -2.07. The molecule has 7 heteroatoms. The zero-order valence-electron chi connectivity index (χ0n) is 10.5. The van der Waals surface area contributed by atoms with Crippen molar-refractivity contribution in [1.29, 1.82) is 0 Å². The summed E-state index contributed by atoms with van der Waals surface area (Å²) >= 11 is 4.63. The van der Waals surface area contributed by atoms with Gasteiger partial charge in [-0.1, -0.05) is 0 Å². The predicted octanol–water partition coefficient (Wildman–Crippen LogP) is 3.99. The van der Waals surface area contributed by atoms with Crippen LogP contribution in [0.5, 0.6) is 5.75 Å². The van der Waals surface area contributed by atoms with Crippen LogP contribution >= 0.6 is 27.3 Å². The molecule has 1 aromatic carbocycles. The first-order chi connectivity index (χ1) is 9.49. The minimum absolute atomic E-state index is 0.00202. The number of halogens is 1. The Morgan fingerprint density at radius 2 is 2.20 bits per heavy atom. The zero-order chi connectivity index (χ0) is 14.7. The lowest BCUT2D eigenvalue weighted by molar-refractivity contribution is -0.384. The van der Waals surface area contributed by atoms with Crippen LogP contribution in [0.1, 0.15) is 15.2 Å². The molecule has 0 unspecified atom stereocenters. The number of nitro benzene ring substituents is 1. The molecule has 0 fully saturated rings. The maximum Gasteiger partial charge on any atom is 0.269 e. The highest BCUT2D eigenvalue weighted by atomic mass is 79.9. The highest BCUT2D eigenvalue weighted by Crippen LogP contribution is 2.25. The van der Waals surface area contributed by atoms with E-state index in [2.05, 4.69) is 15.9 Å². The second-order valence-corrected chi connectivity index (χ2v) is 5.79. The maximum absolute atomic E-state index is 11.9. The molecule has 1 heterocycles. The molecule has 0 saturated heterocycles. The normalized spacial score (nSPS) is 10.3. The third-order valence-electron chi connectivity index (χ3n) is 2.60. The van der Waals surface area contributed by atoms with Crippen LogP contribution in [0.2, 0.25) is 0 Å². The van der Waals surface area contributed by atoms with Crippen LogP contribution in [-0.4, -0.2) is 17.3 Å². The minimum Gasteiger partial charge on any atom is -0.485 e. The molecule has 1 aromatic heterocycles. The van der Waals surface area contributed by atoms with Gasteiger partial charge in [-0.15, -0.1) is 11.3 Å². The van der Waals surface area contributed by atoms with E-state index < -0.39 is 4.92 Å². The third-order valence-corrected chi connectivity index (χ3v) is 4.48. The molecule has 0 spiro atoms. The van der Waals surface area contributed by atoms with Gasteiger partial charge in [0, 0.05) is 16.6 Å². The van der Waals surface area contributed by atoms with Crippen LogP contribution in [-0.2, 0) is 0 Å². The van der Waals surface area contributed by atoms with Gasteiger partial charge in [0.05, 0.1) is 9.80 Å². The average Bonchev–Trinajstić information content (AvgIpc) is 2.83. The number of ether oxygens (including phenoxy) is 1. The number of hydrogen-bond donors (Lipinski definition) is 0. The maximum atomic E-state index is 11.9. The fourth-order valence-corrected chi connectivity index (χ4v) is 3.13. The second-order valence-electron chi connectivity index (χ2n) is 4.02. The van der Waals surface area contributed by atoms with Crippen LogP contribution < -0.4 is 4.74 Å². The van der Waals surface area contributed by atoms with E-state index >= 15 is 0 Å². The van der Waals surface area contributed by atoms with Gasteiger partial charge in [-0.05, 0) is 45.9 Å². The number of nitrogens with zero attached hydrogens (tertiary/aromatic N) is 1. The minimum atomic E-state index is -0.468. The largest absolute Gasteiger partial charge is 0.485 e. The quantitative estimate of drug-likeness (QED) is 0.461. The number of ketones is 1. The van der Waals surface area contributed by atoms with Crippen molar-refractivity contribution in [2.75, 3.05) is 6.61 Å². The van der Waals surface area contributed by atoms with E-state index in [-0.39, 0.29) is 18.1 Å². The van der Waals surface area contributed by atoms with E-state index in [1.54, 1.807) is 13.0 Å². The number of benzene rings is 1. The number of rotatable bonds is 5. The summed E-state index contributed by atoms with van der Waals surface area (Å²) < 4.78 is 6.17. The topological polar surface area (TPSA) is 69.4 Å². The Hall–Kier alpha value is -1.73. The lowest BCUT2D eigenvalue weighted by Crippen LogP contribution is -2.11. The number of non-ortho nitro benzene ring substituents is 1. The highest BCUT2D eigenvalue weighted by molar-refractivity contribution is 9.10. The molecule has 0 aliphatic heterocycles. The SMILES string of the molecule is Cc1cc([N+](=O)[O-])ccc1OCC(=O)c1sccc1Br. The molecule has 2 rings (SSSR count). The first kappa shape index (κ1) is 14.7. The van der Waals surface area contributed by atoms with Gasteiger partial charge in [0.1, 0.15) is 5.75 Å². The van der Waals surface area contributed by atoms with Crippen molar-refractivity contribution in [1.82, 2.24) is 0 Å². The Morgan fingerprint density at radius 1 is 1.45 bits per heavy atom. The molecule has 0 saturated carbocycles. The van der Waals surface area contributed by atoms with Gasteiger partial charge < -0.3 is 4.74 Å². The number of hydrogen-bond acceptors (Lipinski definition) is 5. The second kappa shape index (κ2) is 6.15. The molecule has 104 valence electrons. The third kappa shape index (κ3) is 3.23. The Morgan fingerprint density at radius 3 is 2.75 bits per heavy atom. The Kier molecular flexibility index (Phi) is 4.51. The molecular weight excluding hydrogens is 346 g/mol. The fraction of sp³-hybridized carbons (Fsp3) is 0.154. The molecule has 2 aromatic rings. The molecule has 0 N–H and O–H groups in total. The molecule has 0 amide bonds. The van der Waals surface area contributed by atoms with Crippen LogP contribution in [0, 0.1) is 17.0 Å². The summed E-state index contributed by atoms with van der Waals surface area (Å²) in [6, 6.07) is 6.08. The summed E-state index contributed by atoms with van der Waals surface area (Å²) in [5.41, 5.74) is 0.624. The molecule has 0 aliphatic carbocycles. The van der Waals surface area contributed by atoms with Gasteiger partial charge in [0.15, 0.2) is 6.61 Å². The molecule has 0 radical (unpaired) electrons. The van der Waals surface area contributed by atoms with Gasteiger partial charge in [0.2, 0.25) is 5.78 Å². The lowest BCUT2D eigenvalue weighted by atomic mass is 10.2. The van der Waals surface area contributed by atoms with Crippen molar-refractivity contribution in [2.45, 2.75) is 6.92 Å². The number of carbonyl (C=O) groups is 1. The van der Waals surface area contributed by atoms with Gasteiger partial charge in [-0.25, -0.2) is 0 Å². The number of thiophene rings is 1. The van der Waals surface area contributed by atoms with E-state index in [1.165, 1.54) is 29.5 Å². The molecule has 20 heavy (non-hydrogen) atoms. The Labute approximate surface area is 127 Å². The van der Waals surface area contributed by atoms with Crippen LogP contribution in [0.3, 0.4) is 0 Å². The van der Waals surface area contributed by atoms with Crippen LogP contribution in [0.15, 0.2) is 34.1 Å². The monoisotopic (exact) mass is 355 g/mol. The summed E-state index contributed by atoms with van der Waals surface area (Å²) in [5, 5.41) is 12.4. The summed E-state index contributed by atoms with van der Waals surface area (Å²) in [4.78, 5) is 22.7. The van der Waals surface area contributed by atoms with E-state index in [9.17, 15) is 14.9 Å². The summed E-state index contributed by atoms with van der Waals surface area (Å²) in [5.74, 6) is 0.334. The van der Waals surface area contributed by atoms with Crippen molar-refractivity contribution in [3.05, 3.63) is 54.7 Å². The van der Waals surface area contributed by atoms with E-state index in [1.807, 2.05) is 5.38 Å². The molecular formula is C13H10BrNO4S. The van der Waals surface area contributed by atoms with Crippen molar-refractivity contribution < 1.29 is 14.5 Å². The number of carbonyl (C=O) groups excluding carboxylic acids is 1. The van der Waals surface area contributed by atoms with Crippen molar-refractivity contribution in [2.24, 2.45) is 0 Å². The molecule has 5 nitrogen and oxygen atoms in total. The fourth-order valence-electron chi connectivity index (χ4n) is 1.61. The van der Waals surface area contributed by atoms with E-state index in [0.29, 0.717) is 16.2 Å². The van der Waals surface area contributed by atoms with Gasteiger partial charge in [-0.3, -0.25) is 14.9 Å². The average molecular weight is 356 g/mol. The van der Waals surface area contributed by atoms with E-state index in [0.717, 1.165) is 4.47 Å². The molecule has 0 atom stereocenters. The first-order valence-electron chi connectivity index (χ1n) is 5.63. The van der Waals surface area contributed by atoms with Crippen molar-refractivity contribution >= 4 is 38.7 Å². The number of Topliss-reactive ketones (excluding diaryl/α,β-unsaturated/α-hetero) is 1. The summed E-state index contributed by atoms with van der Waals surface area (Å²) in [6.07, 6.45) is 0. The number of aryl methyl sites for hydroxylation is 1. The van der Waals surface area contributed by atoms with Gasteiger partial charge in [0.25, 0.3) is 5.69 Å². The first-order valence-corrected chi connectivity index (χ1v) is 7.30. The number of nitro groups is 1. The predicted molar refractivity (Wildman–Crippen MR) is 79.7 cm³/mol.